The zero-order valence-electron chi connectivity index (χ0n) is 13.1. The number of thiophene rings is 2. The van der Waals surface area contributed by atoms with E-state index in [1.54, 1.807) is 30.1 Å². The van der Waals surface area contributed by atoms with E-state index < -0.39 is 0 Å². The minimum absolute atomic E-state index is 0.00260. The zero-order chi connectivity index (χ0) is 16.2. The third-order valence-electron chi connectivity index (χ3n) is 3.61. The van der Waals surface area contributed by atoms with Crippen LogP contribution in [0, 0.1) is 0 Å². The maximum Gasteiger partial charge on any atom is 0.263 e. The van der Waals surface area contributed by atoms with Crippen LogP contribution in [0.2, 0.25) is 0 Å². The van der Waals surface area contributed by atoms with E-state index in [4.69, 9.17) is 14.5 Å². The molecule has 0 fully saturated rings. The maximum atomic E-state index is 13.0. The summed E-state index contributed by atoms with van der Waals surface area (Å²) in [5.74, 6) is 0.751. The van der Waals surface area contributed by atoms with Gasteiger partial charge in [0.1, 0.15) is 10.7 Å². The molecule has 3 aromatic heterocycles. The molecule has 0 aliphatic heterocycles. The molecule has 0 radical (unpaired) electrons. The summed E-state index contributed by atoms with van der Waals surface area (Å²) in [4.78, 5) is 19.6. The van der Waals surface area contributed by atoms with Crippen molar-refractivity contribution in [1.82, 2.24) is 9.55 Å². The quantitative estimate of drug-likeness (QED) is 0.657. The average Bonchev–Trinajstić information content (AvgIpc) is 3.21. The molecule has 122 valence electrons. The highest BCUT2D eigenvalue weighted by atomic mass is 32.1. The van der Waals surface area contributed by atoms with Crippen LogP contribution in [0.5, 0.6) is 0 Å². The van der Waals surface area contributed by atoms with Crippen molar-refractivity contribution in [3.8, 4) is 10.4 Å². The van der Waals surface area contributed by atoms with Gasteiger partial charge in [-0.15, -0.1) is 22.7 Å². The van der Waals surface area contributed by atoms with Gasteiger partial charge in [-0.2, -0.15) is 0 Å². The van der Waals surface area contributed by atoms with Crippen molar-refractivity contribution >= 4 is 32.9 Å². The molecule has 7 heteroatoms. The Labute approximate surface area is 142 Å². The van der Waals surface area contributed by atoms with Gasteiger partial charge in [0.2, 0.25) is 0 Å². The van der Waals surface area contributed by atoms with Gasteiger partial charge in [-0.25, -0.2) is 4.98 Å². The number of rotatable bonds is 7. The Kier molecular flexibility index (Phi) is 5.22. The maximum absolute atomic E-state index is 13.0. The van der Waals surface area contributed by atoms with E-state index in [0.717, 1.165) is 21.1 Å². The monoisotopic (exact) mass is 350 g/mol. The van der Waals surface area contributed by atoms with Crippen LogP contribution in [0.3, 0.4) is 0 Å². The molecule has 23 heavy (non-hydrogen) atoms. The first kappa shape index (κ1) is 16.3. The van der Waals surface area contributed by atoms with E-state index in [1.807, 2.05) is 22.9 Å². The third kappa shape index (κ3) is 3.23. The topological polar surface area (TPSA) is 53.3 Å². The number of methoxy groups -OCH3 is 2. The minimum Gasteiger partial charge on any atom is -0.384 e. The smallest absolute Gasteiger partial charge is 0.263 e. The summed E-state index contributed by atoms with van der Waals surface area (Å²) in [5.41, 5.74) is 0.977. The molecule has 0 atom stereocenters. The molecule has 0 saturated carbocycles. The van der Waals surface area contributed by atoms with Crippen LogP contribution in [0.1, 0.15) is 5.82 Å². The molecule has 0 bridgehead atoms. The number of hydrogen-bond acceptors (Lipinski definition) is 6. The van der Waals surface area contributed by atoms with Gasteiger partial charge in [0.05, 0.1) is 25.1 Å². The normalized spacial score (nSPS) is 11.4. The second kappa shape index (κ2) is 7.35. The van der Waals surface area contributed by atoms with Gasteiger partial charge in [0.25, 0.3) is 5.56 Å². The Morgan fingerprint density at radius 2 is 2.04 bits per heavy atom. The van der Waals surface area contributed by atoms with Gasteiger partial charge < -0.3 is 9.47 Å². The molecule has 3 rings (SSSR count). The van der Waals surface area contributed by atoms with Crippen LogP contribution in [0.15, 0.2) is 27.7 Å². The first-order valence-corrected chi connectivity index (χ1v) is 9.05. The Balaban J connectivity index is 2.16. The number of ether oxygens (including phenoxy) is 2. The number of fused-ring (bicyclic) bond motifs is 1. The molecule has 5 nitrogen and oxygen atoms in total. The van der Waals surface area contributed by atoms with E-state index in [9.17, 15) is 4.79 Å². The predicted octanol–water partition coefficient (Wildman–Crippen LogP) is 3.02. The molecule has 0 saturated heterocycles. The second-order valence-electron chi connectivity index (χ2n) is 5.03. The van der Waals surface area contributed by atoms with Crippen LogP contribution in [-0.4, -0.2) is 37.0 Å². The highest BCUT2D eigenvalue weighted by Crippen LogP contribution is 2.33. The average molecular weight is 350 g/mol. The molecule has 0 unspecified atom stereocenters. The van der Waals surface area contributed by atoms with Gasteiger partial charge >= 0.3 is 0 Å². The van der Waals surface area contributed by atoms with Crippen molar-refractivity contribution in [1.29, 1.82) is 0 Å². The number of aromatic nitrogens is 2. The van der Waals surface area contributed by atoms with Crippen LogP contribution >= 0.6 is 22.7 Å². The van der Waals surface area contributed by atoms with Crippen molar-refractivity contribution in [2.24, 2.45) is 0 Å². The van der Waals surface area contributed by atoms with Crippen LogP contribution in [0.25, 0.3) is 20.7 Å². The van der Waals surface area contributed by atoms with E-state index >= 15 is 0 Å². The molecule has 3 heterocycles. The molecule has 0 N–H and O–H groups in total. The summed E-state index contributed by atoms with van der Waals surface area (Å²) in [6.45, 7) is 1.51. The van der Waals surface area contributed by atoms with Crippen molar-refractivity contribution in [3.63, 3.8) is 0 Å². The summed E-state index contributed by atoms with van der Waals surface area (Å²) in [6, 6.07) is 4.03. The molecule has 0 aliphatic rings. The summed E-state index contributed by atoms with van der Waals surface area (Å²) in [6.07, 6.45) is 0.609. The van der Waals surface area contributed by atoms with E-state index in [1.165, 1.54) is 11.3 Å². The lowest BCUT2D eigenvalue weighted by Crippen LogP contribution is -2.27. The molecular weight excluding hydrogens is 332 g/mol. The summed E-state index contributed by atoms with van der Waals surface area (Å²) < 4.78 is 12.0. The third-order valence-corrected chi connectivity index (χ3v) is 5.38. The standard InChI is InChI=1S/C16H18N2O3S2/c1-20-7-5-13-17-15-14(16(19)18(13)6-8-21-2)11(10-23-15)12-4-3-9-22-12/h3-4,9-10H,5-8H2,1-2H3. The van der Waals surface area contributed by atoms with Crippen LogP contribution in [0.4, 0.5) is 0 Å². The fourth-order valence-electron chi connectivity index (χ4n) is 2.48. The van der Waals surface area contributed by atoms with Crippen molar-refractivity contribution in [2.75, 3.05) is 27.4 Å². The van der Waals surface area contributed by atoms with Gasteiger partial charge in [0.15, 0.2) is 0 Å². The van der Waals surface area contributed by atoms with E-state index in [2.05, 4.69) is 0 Å². The Morgan fingerprint density at radius 3 is 2.74 bits per heavy atom. The molecule has 0 aromatic carbocycles. The fraction of sp³-hybridized carbons (Fsp3) is 0.375. The van der Waals surface area contributed by atoms with Gasteiger partial charge in [-0.05, 0) is 11.4 Å². The molecule has 0 aliphatic carbocycles. The van der Waals surface area contributed by atoms with Crippen LogP contribution in [-0.2, 0) is 22.4 Å². The lowest BCUT2D eigenvalue weighted by Gasteiger charge is -2.12. The van der Waals surface area contributed by atoms with Gasteiger partial charge in [0, 0.05) is 36.5 Å². The first-order valence-electron chi connectivity index (χ1n) is 7.29. The minimum atomic E-state index is 0.00260. The van der Waals surface area contributed by atoms with E-state index in [-0.39, 0.29) is 5.56 Å². The lowest BCUT2D eigenvalue weighted by molar-refractivity contribution is 0.180. The Bertz CT molecular complexity index is 837. The highest BCUT2D eigenvalue weighted by Gasteiger charge is 2.17. The SMILES string of the molecule is COCCc1nc2scc(-c3cccs3)c2c(=O)n1CCOC. The Morgan fingerprint density at radius 1 is 1.22 bits per heavy atom. The largest absolute Gasteiger partial charge is 0.384 e. The molecule has 0 spiro atoms. The number of hydrogen-bond donors (Lipinski definition) is 0. The molecular formula is C16H18N2O3S2. The van der Waals surface area contributed by atoms with Gasteiger partial charge in [-0.1, -0.05) is 6.07 Å². The van der Waals surface area contributed by atoms with Crippen molar-refractivity contribution in [2.45, 2.75) is 13.0 Å². The second-order valence-corrected chi connectivity index (χ2v) is 6.83. The van der Waals surface area contributed by atoms with Crippen molar-refractivity contribution in [3.05, 3.63) is 39.1 Å². The summed E-state index contributed by atoms with van der Waals surface area (Å²) in [5, 5.41) is 4.74. The molecule has 3 aromatic rings. The number of nitrogens with zero attached hydrogens (tertiary/aromatic N) is 2. The zero-order valence-corrected chi connectivity index (χ0v) is 14.7. The summed E-state index contributed by atoms with van der Waals surface area (Å²) in [7, 11) is 3.28. The van der Waals surface area contributed by atoms with Gasteiger partial charge in [-0.3, -0.25) is 9.36 Å². The van der Waals surface area contributed by atoms with Crippen molar-refractivity contribution < 1.29 is 9.47 Å². The lowest BCUT2D eigenvalue weighted by atomic mass is 10.2. The molecule has 0 amide bonds. The summed E-state index contributed by atoms with van der Waals surface area (Å²) >= 11 is 3.15. The first-order chi connectivity index (χ1) is 11.3. The van der Waals surface area contributed by atoms with E-state index in [0.29, 0.717) is 31.6 Å². The fourth-order valence-corrected chi connectivity index (χ4v) is 4.25. The predicted molar refractivity (Wildman–Crippen MR) is 94.6 cm³/mol. The van der Waals surface area contributed by atoms with Crippen LogP contribution < -0.4 is 5.56 Å². The Hall–Kier alpha value is -1.54. The highest BCUT2D eigenvalue weighted by molar-refractivity contribution is 7.18.